The summed E-state index contributed by atoms with van der Waals surface area (Å²) in [6.07, 6.45) is 0. The molecule has 10 rings (SSSR count). The Labute approximate surface area is 269 Å². The third-order valence-electron chi connectivity index (χ3n) is 9.47. The molecule has 8 aromatic carbocycles. The van der Waals surface area contributed by atoms with Crippen LogP contribution in [0, 0.1) is 0 Å². The standard InChI is InChI=1S/C44H26OS/c1-2-11-30-26-31(25-22-27(30)10-1)28-20-23-29(24-21-28)40-33-13-3-4-14-34(33)41(43-42(40)36-15-5-7-18-38(36)45-43)37-17-9-16-35-32-12-6-8-19-39(32)46-44(35)37/h1-26H. The van der Waals surface area contributed by atoms with E-state index in [1.54, 1.807) is 0 Å². The normalized spacial score (nSPS) is 11.9. The highest BCUT2D eigenvalue weighted by atomic mass is 32.1. The minimum Gasteiger partial charge on any atom is -0.455 e. The number of benzene rings is 8. The maximum atomic E-state index is 6.87. The fraction of sp³-hybridized carbons (Fsp3) is 0. The second-order valence-electron chi connectivity index (χ2n) is 12.0. The first kappa shape index (κ1) is 25.6. The first-order valence-corrected chi connectivity index (χ1v) is 16.5. The van der Waals surface area contributed by atoms with Crippen LogP contribution in [0.25, 0.3) is 97.0 Å². The fourth-order valence-corrected chi connectivity index (χ4v) is 8.58. The monoisotopic (exact) mass is 602 g/mol. The Morgan fingerprint density at radius 2 is 1.04 bits per heavy atom. The van der Waals surface area contributed by atoms with E-state index in [0.29, 0.717) is 0 Å². The summed E-state index contributed by atoms with van der Waals surface area (Å²) in [6.45, 7) is 0. The van der Waals surface area contributed by atoms with Gasteiger partial charge in [-0.15, -0.1) is 11.3 Å². The van der Waals surface area contributed by atoms with Crippen LogP contribution in [0.2, 0.25) is 0 Å². The summed E-state index contributed by atoms with van der Waals surface area (Å²) in [7, 11) is 0. The van der Waals surface area contributed by atoms with Crippen LogP contribution in [-0.2, 0) is 0 Å². The van der Waals surface area contributed by atoms with Crippen molar-refractivity contribution < 1.29 is 4.42 Å². The molecular weight excluding hydrogens is 577 g/mol. The molecule has 2 heterocycles. The quantitative estimate of drug-likeness (QED) is 0.196. The van der Waals surface area contributed by atoms with E-state index in [-0.39, 0.29) is 0 Å². The minimum atomic E-state index is 0.909. The van der Waals surface area contributed by atoms with Crippen molar-refractivity contribution in [2.24, 2.45) is 0 Å². The largest absolute Gasteiger partial charge is 0.455 e. The molecule has 0 saturated heterocycles. The number of para-hydroxylation sites is 1. The van der Waals surface area contributed by atoms with Gasteiger partial charge >= 0.3 is 0 Å². The second kappa shape index (κ2) is 9.90. The smallest absolute Gasteiger partial charge is 0.144 e. The molecule has 0 aliphatic heterocycles. The lowest BCUT2D eigenvalue weighted by Crippen LogP contribution is -1.89. The lowest BCUT2D eigenvalue weighted by atomic mass is 9.87. The molecule has 0 fully saturated rings. The summed E-state index contributed by atoms with van der Waals surface area (Å²) >= 11 is 1.87. The number of thiophene rings is 1. The molecular formula is C44H26OS. The van der Waals surface area contributed by atoms with Crippen LogP contribution in [0.3, 0.4) is 0 Å². The average Bonchev–Trinajstić information content (AvgIpc) is 3.69. The van der Waals surface area contributed by atoms with Crippen molar-refractivity contribution in [2.45, 2.75) is 0 Å². The van der Waals surface area contributed by atoms with Gasteiger partial charge in [0.1, 0.15) is 11.2 Å². The van der Waals surface area contributed by atoms with Crippen molar-refractivity contribution in [3.63, 3.8) is 0 Å². The van der Waals surface area contributed by atoms with Crippen molar-refractivity contribution in [3.05, 3.63) is 158 Å². The Balaban J connectivity index is 1.27. The van der Waals surface area contributed by atoms with Crippen molar-refractivity contribution in [3.8, 4) is 33.4 Å². The summed E-state index contributed by atoms with van der Waals surface area (Å²) < 4.78 is 9.47. The van der Waals surface area contributed by atoms with Crippen molar-refractivity contribution in [1.29, 1.82) is 0 Å². The Morgan fingerprint density at radius 3 is 1.89 bits per heavy atom. The predicted molar refractivity (Wildman–Crippen MR) is 198 cm³/mol. The van der Waals surface area contributed by atoms with Gasteiger partial charge in [0.2, 0.25) is 0 Å². The van der Waals surface area contributed by atoms with Crippen LogP contribution >= 0.6 is 11.3 Å². The molecule has 0 spiro atoms. The number of fused-ring (bicyclic) bond motifs is 8. The molecule has 1 nitrogen and oxygen atoms in total. The number of hydrogen-bond donors (Lipinski definition) is 0. The summed E-state index contributed by atoms with van der Waals surface area (Å²) in [5, 5.41) is 9.85. The van der Waals surface area contributed by atoms with Crippen LogP contribution in [0.1, 0.15) is 0 Å². The molecule has 2 aromatic heterocycles. The van der Waals surface area contributed by atoms with Gasteiger partial charge in [-0.3, -0.25) is 0 Å². The van der Waals surface area contributed by atoms with Gasteiger partial charge in [0.15, 0.2) is 0 Å². The summed E-state index contributed by atoms with van der Waals surface area (Å²) in [4.78, 5) is 0. The van der Waals surface area contributed by atoms with Gasteiger partial charge in [0.25, 0.3) is 0 Å². The summed E-state index contributed by atoms with van der Waals surface area (Å²) in [5.41, 5.74) is 9.07. The molecule has 0 saturated carbocycles. The van der Waals surface area contributed by atoms with Crippen molar-refractivity contribution in [2.75, 3.05) is 0 Å². The van der Waals surface area contributed by atoms with Crippen molar-refractivity contribution in [1.82, 2.24) is 0 Å². The second-order valence-corrected chi connectivity index (χ2v) is 13.1. The summed E-state index contributed by atoms with van der Waals surface area (Å²) in [6, 6.07) is 57.1. The highest BCUT2D eigenvalue weighted by Gasteiger charge is 2.23. The SMILES string of the molecule is c1ccc2cc(-c3ccc(-c4c5ccccc5c(-c5cccc6c5sc5ccccc56)c5oc6ccccc6c45)cc3)ccc2c1. The molecule has 10 aromatic rings. The Morgan fingerprint density at radius 1 is 0.413 bits per heavy atom. The Bertz CT molecular complexity index is 2800. The molecule has 0 aliphatic rings. The molecule has 0 unspecified atom stereocenters. The molecule has 0 bridgehead atoms. The predicted octanol–water partition coefficient (Wildman–Crippen LogP) is 13.3. The third-order valence-corrected chi connectivity index (χ3v) is 10.7. The highest BCUT2D eigenvalue weighted by molar-refractivity contribution is 7.26. The average molecular weight is 603 g/mol. The van der Waals surface area contributed by atoms with Crippen LogP contribution < -0.4 is 0 Å². The first-order chi connectivity index (χ1) is 22.8. The zero-order valence-electron chi connectivity index (χ0n) is 24.8. The number of hydrogen-bond acceptors (Lipinski definition) is 2. The van der Waals surface area contributed by atoms with E-state index in [1.807, 2.05) is 11.3 Å². The topological polar surface area (TPSA) is 13.1 Å². The Hall–Kier alpha value is -5.70. The molecule has 0 N–H and O–H groups in total. The molecule has 2 heteroatoms. The zero-order valence-corrected chi connectivity index (χ0v) is 25.6. The van der Waals surface area contributed by atoms with E-state index in [2.05, 4.69) is 158 Å². The van der Waals surface area contributed by atoms with E-state index in [4.69, 9.17) is 4.42 Å². The lowest BCUT2D eigenvalue weighted by molar-refractivity contribution is 0.670. The van der Waals surface area contributed by atoms with Gasteiger partial charge in [-0.25, -0.2) is 0 Å². The van der Waals surface area contributed by atoms with E-state index in [9.17, 15) is 0 Å². The van der Waals surface area contributed by atoms with Crippen LogP contribution in [-0.4, -0.2) is 0 Å². The maximum Gasteiger partial charge on any atom is 0.144 e. The first-order valence-electron chi connectivity index (χ1n) is 15.7. The van der Waals surface area contributed by atoms with Gasteiger partial charge < -0.3 is 4.42 Å². The Kier molecular flexibility index (Phi) is 5.51. The third kappa shape index (κ3) is 3.74. The minimum absolute atomic E-state index is 0.909. The molecule has 0 atom stereocenters. The zero-order chi connectivity index (χ0) is 30.2. The number of furan rings is 1. The molecule has 46 heavy (non-hydrogen) atoms. The van der Waals surface area contributed by atoms with E-state index in [1.165, 1.54) is 74.9 Å². The summed E-state index contributed by atoms with van der Waals surface area (Å²) in [5.74, 6) is 0. The van der Waals surface area contributed by atoms with Gasteiger partial charge in [0.05, 0.1) is 0 Å². The van der Waals surface area contributed by atoms with Gasteiger partial charge in [0, 0.05) is 47.6 Å². The van der Waals surface area contributed by atoms with Crippen LogP contribution in [0.15, 0.2) is 162 Å². The van der Waals surface area contributed by atoms with E-state index < -0.39 is 0 Å². The van der Waals surface area contributed by atoms with Gasteiger partial charge in [-0.2, -0.15) is 0 Å². The van der Waals surface area contributed by atoms with E-state index >= 15 is 0 Å². The van der Waals surface area contributed by atoms with Gasteiger partial charge in [-0.1, -0.05) is 140 Å². The fourth-order valence-electron chi connectivity index (χ4n) is 7.36. The van der Waals surface area contributed by atoms with Crippen LogP contribution in [0.4, 0.5) is 0 Å². The molecule has 214 valence electrons. The van der Waals surface area contributed by atoms with Gasteiger partial charge in [-0.05, 0) is 56.4 Å². The molecule has 0 amide bonds. The molecule has 0 radical (unpaired) electrons. The van der Waals surface area contributed by atoms with E-state index in [0.717, 1.165) is 22.1 Å². The lowest BCUT2D eigenvalue weighted by Gasteiger charge is -2.15. The van der Waals surface area contributed by atoms with Crippen LogP contribution in [0.5, 0.6) is 0 Å². The maximum absolute atomic E-state index is 6.87. The molecule has 0 aliphatic carbocycles. The highest BCUT2D eigenvalue weighted by Crippen LogP contribution is 2.50. The van der Waals surface area contributed by atoms with Crippen molar-refractivity contribution >= 4 is 75.0 Å². The number of rotatable bonds is 3.